The van der Waals surface area contributed by atoms with Gasteiger partial charge in [-0.3, -0.25) is 0 Å². The summed E-state index contributed by atoms with van der Waals surface area (Å²) in [7, 11) is 0. The van der Waals surface area contributed by atoms with Crippen LogP contribution < -0.4 is 4.90 Å². The van der Waals surface area contributed by atoms with Crippen LogP contribution in [0.2, 0.25) is 0 Å². The monoisotopic (exact) mass is 1070 g/mol. The van der Waals surface area contributed by atoms with Crippen LogP contribution in [0.5, 0.6) is 0 Å². The van der Waals surface area contributed by atoms with Gasteiger partial charge < -0.3 is 27.7 Å². The maximum atomic E-state index is 2.65. The van der Waals surface area contributed by atoms with Crippen molar-refractivity contribution in [2.45, 2.75) is 12.0 Å². The summed E-state index contributed by atoms with van der Waals surface area (Å²) in [5.41, 5.74) is 21.1. The zero-order valence-corrected chi connectivity index (χ0v) is 45.6. The van der Waals surface area contributed by atoms with Gasteiger partial charge in [0.2, 0.25) is 0 Å². The van der Waals surface area contributed by atoms with Gasteiger partial charge in [-0.1, -0.05) is 188 Å². The van der Waals surface area contributed by atoms with E-state index in [2.05, 4.69) is 319 Å². The molecule has 84 heavy (non-hydrogen) atoms. The lowest BCUT2D eigenvalue weighted by Gasteiger charge is -2.30. The number of hydrogen-bond donors (Lipinski definition) is 0. The number of anilines is 2. The van der Waals surface area contributed by atoms with E-state index >= 15 is 0 Å². The molecule has 19 rings (SSSR count). The average Bonchev–Trinajstić information content (AvgIpc) is 1.75. The van der Waals surface area contributed by atoms with E-state index in [1.165, 1.54) is 98.2 Å². The standard InChI is InChI=1S/C78H50N6/c1-4-22-49(23-5-1)82-64-34-16-10-28-55(64)58-40-43-70-73(76(58)82)61-31-13-19-37-67(61)79(70)52-46-53(80-68-38-20-14-32-62(68)74-71(80)44-41-59-56-29-11-17-35-65(56)83(77(59)74)50-24-6-2-7-25-50)48-54(47-52)81-69-39-21-15-33-63(69)75-72(81)45-42-60-57-30-12-18-36-66(57)84(78(60)75)51-26-8-3-9-27-51/h1-48,61,67H. The van der Waals surface area contributed by atoms with Gasteiger partial charge in [-0.15, -0.1) is 0 Å². The Morgan fingerprint density at radius 3 is 1.06 bits per heavy atom. The first-order chi connectivity index (χ1) is 41.7. The van der Waals surface area contributed by atoms with Crippen molar-refractivity contribution in [2.75, 3.05) is 4.90 Å². The highest BCUT2D eigenvalue weighted by Gasteiger charge is 2.41. The highest BCUT2D eigenvalue weighted by Crippen LogP contribution is 2.54. The molecule has 0 radical (unpaired) electrons. The molecule has 2 aliphatic rings. The van der Waals surface area contributed by atoms with Crippen LogP contribution in [0.3, 0.4) is 0 Å². The zero-order chi connectivity index (χ0) is 54.7. The number of hydrogen-bond acceptors (Lipinski definition) is 1. The molecule has 0 bridgehead atoms. The molecule has 0 fully saturated rings. The summed E-state index contributed by atoms with van der Waals surface area (Å²) in [6.07, 6.45) is 9.38. The largest absolute Gasteiger partial charge is 0.333 e. The summed E-state index contributed by atoms with van der Waals surface area (Å²) < 4.78 is 12.6. The van der Waals surface area contributed by atoms with Crippen LogP contribution in [-0.4, -0.2) is 28.9 Å². The van der Waals surface area contributed by atoms with E-state index in [-0.39, 0.29) is 12.0 Å². The Hall–Kier alpha value is -11.1. The molecule has 6 heterocycles. The molecule has 0 saturated carbocycles. The van der Waals surface area contributed by atoms with Crippen LogP contribution in [0.4, 0.5) is 11.4 Å². The third-order valence-electron chi connectivity index (χ3n) is 18.5. The maximum Gasteiger partial charge on any atom is 0.0641 e. The van der Waals surface area contributed by atoms with Crippen LogP contribution in [0.1, 0.15) is 11.5 Å². The van der Waals surface area contributed by atoms with Crippen molar-refractivity contribution in [1.29, 1.82) is 0 Å². The van der Waals surface area contributed by atoms with Crippen LogP contribution in [0.15, 0.2) is 291 Å². The summed E-state index contributed by atoms with van der Waals surface area (Å²) in [6.45, 7) is 0. The van der Waals surface area contributed by atoms with E-state index in [1.807, 2.05) is 0 Å². The predicted octanol–water partition coefficient (Wildman–Crippen LogP) is 19.9. The number of aromatic nitrogens is 5. The number of fused-ring (bicyclic) bond motifs is 21. The first-order valence-corrected chi connectivity index (χ1v) is 29.2. The Balaban J connectivity index is 0.948. The summed E-state index contributed by atoms with van der Waals surface area (Å²) in [5.74, 6) is 0.0791. The summed E-state index contributed by atoms with van der Waals surface area (Å²) >= 11 is 0. The average molecular weight is 1070 g/mol. The van der Waals surface area contributed by atoms with Gasteiger partial charge in [-0.25, -0.2) is 0 Å². The number of nitrogens with zero attached hydrogens (tertiary/aromatic N) is 6. The minimum absolute atomic E-state index is 0.000329. The molecule has 5 aromatic heterocycles. The number of rotatable bonds is 6. The normalized spacial score (nSPS) is 15.0. The molecule has 0 spiro atoms. The molecule has 6 heteroatoms. The summed E-state index contributed by atoms with van der Waals surface area (Å²) in [5, 5.41) is 12.3. The summed E-state index contributed by atoms with van der Waals surface area (Å²) in [4.78, 5) is 2.65. The van der Waals surface area contributed by atoms with Gasteiger partial charge in [0.1, 0.15) is 0 Å². The van der Waals surface area contributed by atoms with E-state index in [0.717, 1.165) is 56.2 Å². The van der Waals surface area contributed by atoms with E-state index < -0.39 is 0 Å². The predicted molar refractivity (Wildman–Crippen MR) is 352 cm³/mol. The number of allylic oxidation sites excluding steroid dienone is 2. The fraction of sp³-hybridized carbons (Fsp3) is 0.0256. The Morgan fingerprint density at radius 2 is 0.595 bits per heavy atom. The molecule has 1 aliphatic heterocycles. The molecule has 6 nitrogen and oxygen atoms in total. The summed E-state index contributed by atoms with van der Waals surface area (Å²) in [6, 6.07) is 99.2. The van der Waals surface area contributed by atoms with Crippen molar-refractivity contribution in [2.24, 2.45) is 0 Å². The van der Waals surface area contributed by atoms with Crippen LogP contribution >= 0.6 is 0 Å². The van der Waals surface area contributed by atoms with Gasteiger partial charge in [0.25, 0.3) is 0 Å². The van der Waals surface area contributed by atoms with Crippen molar-refractivity contribution in [1.82, 2.24) is 22.8 Å². The molecule has 392 valence electrons. The van der Waals surface area contributed by atoms with Crippen molar-refractivity contribution < 1.29 is 0 Å². The minimum atomic E-state index is -0.000329. The molecule has 2 unspecified atom stereocenters. The highest BCUT2D eigenvalue weighted by atomic mass is 15.2. The molecule has 0 amide bonds. The molecule has 2 atom stereocenters. The third-order valence-corrected chi connectivity index (χ3v) is 18.5. The number of para-hydroxylation sites is 8. The van der Waals surface area contributed by atoms with Crippen LogP contribution in [-0.2, 0) is 0 Å². The van der Waals surface area contributed by atoms with Gasteiger partial charge >= 0.3 is 0 Å². The van der Waals surface area contributed by atoms with Gasteiger partial charge in [0.05, 0.1) is 72.6 Å². The number of benzene rings is 12. The van der Waals surface area contributed by atoms with Gasteiger partial charge in [0.15, 0.2) is 0 Å². The van der Waals surface area contributed by atoms with E-state index in [1.54, 1.807) is 0 Å². The smallest absolute Gasteiger partial charge is 0.0641 e. The van der Waals surface area contributed by atoms with E-state index in [4.69, 9.17) is 0 Å². The van der Waals surface area contributed by atoms with Crippen molar-refractivity contribution in [3.8, 4) is 28.4 Å². The Kier molecular flexibility index (Phi) is 9.36. The van der Waals surface area contributed by atoms with Crippen LogP contribution in [0, 0.1) is 0 Å². The van der Waals surface area contributed by atoms with Crippen molar-refractivity contribution >= 4 is 120 Å². The molecule has 0 saturated heterocycles. The molecule has 12 aromatic carbocycles. The first kappa shape index (κ1) is 45.6. The molecular formula is C78H50N6. The van der Waals surface area contributed by atoms with Crippen molar-refractivity contribution in [3.05, 3.63) is 297 Å². The Labute approximate surface area is 482 Å². The van der Waals surface area contributed by atoms with Gasteiger partial charge in [-0.05, 0) is 103 Å². The quantitative estimate of drug-likeness (QED) is 0.163. The van der Waals surface area contributed by atoms with Gasteiger partial charge in [-0.2, -0.15) is 0 Å². The van der Waals surface area contributed by atoms with Crippen LogP contribution in [0.25, 0.3) is 137 Å². The zero-order valence-electron chi connectivity index (χ0n) is 45.6. The van der Waals surface area contributed by atoms with E-state index in [9.17, 15) is 0 Å². The molecule has 17 aromatic rings. The first-order valence-electron chi connectivity index (χ1n) is 29.2. The lowest BCUT2D eigenvalue weighted by molar-refractivity contribution is 0.745. The van der Waals surface area contributed by atoms with Gasteiger partial charge in [0, 0.05) is 93.8 Å². The second-order valence-corrected chi connectivity index (χ2v) is 22.7. The Bertz CT molecular complexity index is 5440. The third kappa shape index (κ3) is 6.13. The molecule has 0 N–H and O–H groups in total. The fourth-order valence-corrected chi connectivity index (χ4v) is 15.3. The fourth-order valence-electron chi connectivity index (χ4n) is 15.3. The second-order valence-electron chi connectivity index (χ2n) is 22.7. The molecule has 1 aliphatic carbocycles. The second kappa shape index (κ2) is 17.2. The Morgan fingerprint density at radius 1 is 0.238 bits per heavy atom. The minimum Gasteiger partial charge on any atom is -0.333 e. The van der Waals surface area contributed by atoms with E-state index in [0.29, 0.717) is 0 Å². The maximum absolute atomic E-state index is 2.65. The van der Waals surface area contributed by atoms with Crippen molar-refractivity contribution in [3.63, 3.8) is 0 Å². The highest BCUT2D eigenvalue weighted by molar-refractivity contribution is 6.28. The molecular weight excluding hydrogens is 1020 g/mol. The lowest BCUT2D eigenvalue weighted by atomic mass is 9.90. The topological polar surface area (TPSA) is 27.9 Å². The lowest BCUT2D eigenvalue weighted by Crippen LogP contribution is -2.28. The SMILES string of the molecule is C1=CC2c3c(ccc4c5ccccc5n(-c5ccccc5)c34)N(c3cc(-n4c5ccccc5c5c4ccc4c6ccccc6n(-c6ccccc6)c45)cc(-n4c5ccccc5c5c4ccc4c6ccccc6n(-c6ccccc6)c45)c3)C2C=C1.